The predicted molar refractivity (Wildman–Crippen MR) is 314 cm³/mol. The highest BCUT2D eigenvalue weighted by Gasteiger charge is 2.51. The molecule has 14 nitrogen and oxygen atoms in total. The van der Waals surface area contributed by atoms with Gasteiger partial charge in [0.1, 0.15) is 48.8 Å². The maximum Gasteiger partial charge on any atom is 0.220 e. The van der Waals surface area contributed by atoms with E-state index in [1.807, 2.05) is 6.08 Å². The van der Waals surface area contributed by atoms with Crippen molar-refractivity contribution < 1.29 is 64.6 Å². The number of aliphatic hydroxyl groups excluding tert-OH is 8. The van der Waals surface area contributed by atoms with Crippen molar-refractivity contribution in [3.63, 3.8) is 0 Å². The Morgan fingerprint density at radius 3 is 1.26 bits per heavy atom. The van der Waals surface area contributed by atoms with E-state index in [1.165, 1.54) is 218 Å². The molecule has 78 heavy (non-hydrogen) atoms. The maximum atomic E-state index is 13.3. The summed E-state index contributed by atoms with van der Waals surface area (Å²) in [4.78, 5) is 13.3. The van der Waals surface area contributed by atoms with Crippen molar-refractivity contribution in [1.82, 2.24) is 5.32 Å². The van der Waals surface area contributed by atoms with Gasteiger partial charge in [0.15, 0.2) is 12.6 Å². The Bertz CT molecular complexity index is 1400. The van der Waals surface area contributed by atoms with Crippen molar-refractivity contribution in [3.8, 4) is 0 Å². The fourth-order valence-corrected chi connectivity index (χ4v) is 10.9. The number of carbonyl (C=O) groups excluding carboxylic acids is 1. The number of unbranched alkanes of at least 4 members (excludes halogenated alkanes) is 38. The lowest BCUT2D eigenvalue weighted by atomic mass is 9.97. The molecule has 0 spiro atoms. The molecule has 2 saturated heterocycles. The summed E-state index contributed by atoms with van der Waals surface area (Å²) < 4.78 is 22.8. The monoisotopic (exact) mass is 1110 g/mol. The third-order valence-corrected chi connectivity index (χ3v) is 16.1. The van der Waals surface area contributed by atoms with Crippen LogP contribution in [0.4, 0.5) is 0 Å². The third-order valence-electron chi connectivity index (χ3n) is 16.1. The van der Waals surface area contributed by atoms with E-state index in [1.54, 1.807) is 6.08 Å². The Balaban J connectivity index is 1.67. The van der Waals surface area contributed by atoms with E-state index < -0.39 is 86.8 Å². The van der Waals surface area contributed by atoms with Crippen molar-refractivity contribution in [1.29, 1.82) is 0 Å². The summed E-state index contributed by atoms with van der Waals surface area (Å²) in [5.74, 6) is -0.244. The van der Waals surface area contributed by atoms with E-state index in [0.717, 1.165) is 32.1 Å². The lowest BCUT2D eigenvalue weighted by molar-refractivity contribution is -0.359. The summed E-state index contributed by atoms with van der Waals surface area (Å²) in [6.45, 7) is 2.81. The van der Waals surface area contributed by atoms with E-state index >= 15 is 0 Å². The van der Waals surface area contributed by atoms with Gasteiger partial charge in [-0.3, -0.25) is 4.79 Å². The molecule has 14 heteroatoms. The lowest BCUT2D eigenvalue weighted by Gasteiger charge is -2.46. The predicted octanol–water partition coefficient (Wildman–Crippen LogP) is 12.0. The van der Waals surface area contributed by atoms with Crippen LogP contribution in [0.25, 0.3) is 0 Å². The van der Waals surface area contributed by atoms with Gasteiger partial charge in [0.25, 0.3) is 0 Å². The second-order valence-electron chi connectivity index (χ2n) is 23.2. The number of ether oxygens (including phenoxy) is 4. The van der Waals surface area contributed by atoms with Crippen LogP contribution in [0.3, 0.4) is 0 Å². The number of aliphatic hydroxyl groups is 8. The fraction of sp³-hybridized carbons (Fsp3) is 0.922. The number of rotatable bonds is 53. The quantitative estimate of drug-likeness (QED) is 0.0204. The van der Waals surface area contributed by atoms with Crippen molar-refractivity contribution in [3.05, 3.63) is 24.3 Å². The highest BCUT2D eigenvalue weighted by molar-refractivity contribution is 5.76. The Morgan fingerprint density at radius 1 is 0.449 bits per heavy atom. The van der Waals surface area contributed by atoms with Crippen molar-refractivity contribution in [2.45, 2.75) is 357 Å². The van der Waals surface area contributed by atoms with Crippen LogP contribution in [-0.4, -0.2) is 140 Å². The average molecular weight is 1110 g/mol. The molecule has 0 aromatic carbocycles. The number of nitrogens with one attached hydrogen (secondary N) is 1. The second kappa shape index (κ2) is 50.0. The van der Waals surface area contributed by atoms with Crippen LogP contribution in [0.5, 0.6) is 0 Å². The molecule has 0 bridgehead atoms. The standard InChI is InChI=1S/C64H121NO13/c1-3-5-7-9-11-13-15-17-19-20-21-22-23-24-25-26-27-28-29-30-31-32-34-36-38-40-42-44-46-48-56(69)65-52(53(68)47-45-43-41-39-37-35-33-18-16-14-12-10-8-6-4-2)51-75-63-61(74)59(72)62(55(50-67)77-63)78-64-60(73)58(71)57(70)54(49-66)76-64/h37,39,45,47,52-55,57-64,66-68,70-74H,3-36,38,40-44,46,48-51H2,1-2H3,(H,65,69)/b39-37+,47-45+. The zero-order valence-corrected chi connectivity index (χ0v) is 49.7. The fourth-order valence-electron chi connectivity index (χ4n) is 10.9. The highest BCUT2D eigenvalue weighted by Crippen LogP contribution is 2.30. The molecule has 12 atom stereocenters. The normalized spacial score (nSPS) is 24.6. The molecule has 0 saturated carbocycles. The van der Waals surface area contributed by atoms with Crippen LogP contribution >= 0.6 is 0 Å². The molecule has 0 aliphatic carbocycles. The first kappa shape index (κ1) is 72.6. The molecule has 0 radical (unpaired) electrons. The van der Waals surface area contributed by atoms with E-state index in [2.05, 4.69) is 31.3 Å². The molecule has 2 aliphatic heterocycles. The van der Waals surface area contributed by atoms with E-state index in [4.69, 9.17) is 18.9 Å². The topological polar surface area (TPSA) is 228 Å². The summed E-state index contributed by atoms with van der Waals surface area (Å²) in [5, 5.41) is 87.1. The first-order chi connectivity index (χ1) is 38.1. The molecule has 0 aromatic heterocycles. The molecule has 2 aliphatic rings. The lowest BCUT2D eigenvalue weighted by Crippen LogP contribution is -2.65. The smallest absolute Gasteiger partial charge is 0.220 e. The molecule has 12 unspecified atom stereocenters. The molecule has 2 heterocycles. The minimum atomic E-state index is -1.79. The number of carbonyl (C=O) groups is 1. The van der Waals surface area contributed by atoms with Gasteiger partial charge in [0, 0.05) is 6.42 Å². The summed E-state index contributed by atoms with van der Waals surface area (Å²) in [6, 6.07) is -0.928. The van der Waals surface area contributed by atoms with Gasteiger partial charge < -0.3 is 65.1 Å². The minimum Gasteiger partial charge on any atom is -0.394 e. The summed E-state index contributed by atoms with van der Waals surface area (Å²) >= 11 is 0. The van der Waals surface area contributed by atoms with Crippen LogP contribution in [-0.2, 0) is 23.7 Å². The molecular weight excluding hydrogens is 991 g/mol. The van der Waals surface area contributed by atoms with Crippen LogP contribution in [0.15, 0.2) is 24.3 Å². The van der Waals surface area contributed by atoms with Gasteiger partial charge >= 0.3 is 0 Å². The van der Waals surface area contributed by atoms with Gasteiger partial charge in [-0.25, -0.2) is 0 Å². The second-order valence-corrected chi connectivity index (χ2v) is 23.2. The van der Waals surface area contributed by atoms with Crippen LogP contribution < -0.4 is 5.32 Å². The molecule has 1 amide bonds. The Kier molecular flexibility index (Phi) is 46.5. The highest BCUT2D eigenvalue weighted by atomic mass is 16.7. The summed E-state index contributed by atoms with van der Waals surface area (Å²) in [5.41, 5.74) is 0. The zero-order chi connectivity index (χ0) is 56.7. The maximum absolute atomic E-state index is 13.3. The molecule has 460 valence electrons. The molecule has 2 rings (SSSR count). The van der Waals surface area contributed by atoms with Crippen molar-refractivity contribution in [2.75, 3.05) is 19.8 Å². The number of amides is 1. The molecule has 0 aromatic rings. The van der Waals surface area contributed by atoms with Crippen molar-refractivity contribution >= 4 is 5.91 Å². The molecule has 9 N–H and O–H groups in total. The van der Waals surface area contributed by atoms with Gasteiger partial charge in [-0.05, 0) is 32.1 Å². The third kappa shape index (κ3) is 34.8. The summed E-state index contributed by atoms with van der Waals surface area (Å²) in [6.07, 6.45) is 43.9. The van der Waals surface area contributed by atoms with Crippen LogP contribution in [0.1, 0.15) is 284 Å². The molecular formula is C64H121NO13. The van der Waals surface area contributed by atoms with E-state index in [0.29, 0.717) is 12.8 Å². The zero-order valence-electron chi connectivity index (χ0n) is 49.7. The largest absolute Gasteiger partial charge is 0.394 e. The Morgan fingerprint density at radius 2 is 0.821 bits per heavy atom. The summed E-state index contributed by atoms with van der Waals surface area (Å²) in [7, 11) is 0. The Labute approximate surface area is 475 Å². The van der Waals surface area contributed by atoms with Gasteiger partial charge in [-0.15, -0.1) is 0 Å². The number of hydrogen-bond acceptors (Lipinski definition) is 13. The van der Waals surface area contributed by atoms with Gasteiger partial charge in [-0.1, -0.05) is 269 Å². The SMILES string of the molecule is CCCCCCCCCCC/C=C/CC/C=C/C(O)C(COC1OC(CO)C(OC2OC(CO)C(O)C(O)C2O)C(O)C1O)NC(=O)CCCCCCCCCCCCCCCCCCCCCCCCCCCCCCC. The van der Waals surface area contributed by atoms with Crippen molar-refractivity contribution in [2.24, 2.45) is 0 Å². The van der Waals surface area contributed by atoms with E-state index in [9.17, 15) is 45.6 Å². The first-order valence-electron chi connectivity index (χ1n) is 32.6. The Hall–Kier alpha value is -1.53. The van der Waals surface area contributed by atoms with Crippen LogP contribution in [0, 0.1) is 0 Å². The van der Waals surface area contributed by atoms with Gasteiger partial charge in [0.05, 0.1) is 32.0 Å². The molecule has 2 fully saturated rings. The van der Waals surface area contributed by atoms with Crippen LogP contribution in [0.2, 0.25) is 0 Å². The minimum absolute atomic E-state index is 0.244. The first-order valence-corrected chi connectivity index (χ1v) is 32.6. The number of allylic oxidation sites excluding steroid dienone is 3. The van der Waals surface area contributed by atoms with Gasteiger partial charge in [-0.2, -0.15) is 0 Å². The average Bonchev–Trinajstić information content (AvgIpc) is 3.48. The van der Waals surface area contributed by atoms with Gasteiger partial charge in [0.2, 0.25) is 5.91 Å². The van der Waals surface area contributed by atoms with E-state index in [-0.39, 0.29) is 18.9 Å². The number of hydrogen-bond donors (Lipinski definition) is 9.